The molecule has 0 aliphatic carbocycles. The van der Waals surface area contributed by atoms with Crippen molar-refractivity contribution in [1.82, 2.24) is 0 Å². The van der Waals surface area contributed by atoms with Crippen molar-refractivity contribution in [3.05, 3.63) is 29.1 Å². The van der Waals surface area contributed by atoms with Crippen molar-refractivity contribution in [2.45, 2.75) is 26.7 Å². The van der Waals surface area contributed by atoms with E-state index in [-0.39, 0.29) is 5.82 Å². The van der Waals surface area contributed by atoms with Crippen molar-refractivity contribution in [3.8, 4) is 5.75 Å². The predicted octanol–water partition coefficient (Wildman–Crippen LogP) is 3.10. The van der Waals surface area contributed by atoms with Gasteiger partial charge < -0.3 is 4.74 Å². The molecule has 13 heavy (non-hydrogen) atoms. The van der Waals surface area contributed by atoms with Crippen molar-refractivity contribution in [2.75, 3.05) is 7.11 Å². The van der Waals surface area contributed by atoms with Gasteiger partial charge in [0.2, 0.25) is 0 Å². The average Bonchev–Trinajstić information content (AvgIpc) is 2.11. The van der Waals surface area contributed by atoms with Crippen LogP contribution in [0, 0.1) is 12.7 Å². The van der Waals surface area contributed by atoms with Crippen molar-refractivity contribution in [1.29, 1.82) is 0 Å². The molecule has 0 aromatic heterocycles. The molecule has 0 saturated heterocycles. The molecule has 1 aromatic carbocycles. The van der Waals surface area contributed by atoms with Gasteiger partial charge >= 0.3 is 0 Å². The maximum atomic E-state index is 13.2. The molecule has 0 amide bonds. The van der Waals surface area contributed by atoms with Gasteiger partial charge in [0.1, 0.15) is 11.6 Å². The van der Waals surface area contributed by atoms with Crippen LogP contribution in [0.2, 0.25) is 0 Å². The SMILES string of the molecule is CCCc1cc(F)c(C)cc1OC. The van der Waals surface area contributed by atoms with Crippen LogP contribution in [0.25, 0.3) is 0 Å². The fraction of sp³-hybridized carbons (Fsp3) is 0.455. The van der Waals surface area contributed by atoms with E-state index < -0.39 is 0 Å². The quantitative estimate of drug-likeness (QED) is 0.698. The molecule has 0 spiro atoms. The molecule has 0 unspecified atom stereocenters. The smallest absolute Gasteiger partial charge is 0.126 e. The summed E-state index contributed by atoms with van der Waals surface area (Å²) < 4.78 is 18.3. The predicted molar refractivity (Wildman–Crippen MR) is 51.7 cm³/mol. The molecule has 0 radical (unpaired) electrons. The molecule has 1 aromatic rings. The van der Waals surface area contributed by atoms with Crippen molar-refractivity contribution in [2.24, 2.45) is 0 Å². The summed E-state index contributed by atoms with van der Waals surface area (Å²) >= 11 is 0. The highest BCUT2D eigenvalue weighted by atomic mass is 19.1. The van der Waals surface area contributed by atoms with E-state index in [1.807, 2.05) is 0 Å². The zero-order valence-electron chi connectivity index (χ0n) is 8.36. The van der Waals surface area contributed by atoms with Crippen LogP contribution in [0.4, 0.5) is 4.39 Å². The Bertz CT molecular complexity index is 294. The van der Waals surface area contributed by atoms with E-state index in [2.05, 4.69) is 6.92 Å². The molecular weight excluding hydrogens is 167 g/mol. The molecule has 0 aliphatic heterocycles. The van der Waals surface area contributed by atoms with Crippen LogP contribution in [0.15, 0.2) is 12.1 Å². The molecule has 0 N–H and O–H groups in total. The Morgan fingerprint density at radius 3 is 2.62 bits per heavy atom. The number of hydrogen-bond donors (Lipinski definition) is 0. The largest absolute Gasteiger partial charge is 0.496 e. The fourth-order valence-electron chi connectivity index (χ4n) is 1.35. The number of halogens is 1. The second-order valence-corrected chi connectivity index (χ2v) is 3.16. The van der Waals surface area contributed by atoms with Crippen LogP contribution < -0.4 is 4.74 Å². The number of ether oxygens (including phenoxy) is 1. The maximum absolute atomic E-state index is 13.2. The summed E-state index contributed by atoms with van der Waals surface area (Å²) in [6.45, 7) is 3.81. The van der Waals surface area contributed by atoms with Gasteiger partial charge in [-0.2, -0.15) is 0 Å². The van der Waals surface area contributed by atoms with Crippen LogP contribution >= 0.6 is 0 Å². The first kappa shape index (κ1) is 10.0. The molecular formula is C11H15FO. The van der Waals surface area contributed by atoms with Crippen molar-refractivity contribution < 1.29 is 9.13 Å². The zero-order chi connectivity index (χ0) is 9.84. The average molecular weight is 182 g/mol. The van der Waals surface area contributed by atoms with E-state index in [4.69, 9.17) is 4.74 Å². The van der Waals surface area contributed by atoms with E-state index >= 15 is 0 Å². The lowest BCUT2D eigenvalue weighted by Gasteiger charge is -2.09. The number of rotatable bonds is 3. The Morgan fingerprint density at radius 1 is 1.38 bits per heavy atom. The van der Waals surface area contributed by atoms with Crippen molar-refractivity contribution in [3.63, 3.8) is 0 Å². The Kier molecular flexibility index (Phi) is 3.29. The summed E-state index contributed by atoms with van der Waals surface area (Å²) in [4.78, 5) is 0. The normalized spacial score (nSPS) is 10.2. The lowest BCUT2D eigenvalue weighted by Crippen LogP contribution is -1.95. The van der Waals surface area contributed by atoms with E-state index in [1.165, 1.54) is 0 Å². The zero-order valence-corrected chi connectivity index (χ0v) is 8.36. The molecule has 72 valence electrons. The third kappa shape index (κ3) is 2.20. The van der Waals surface area contributed by atoms with E-state index in [0.29, 0.717) is 5.56 Å². The van der Waals surface area contributed by atoms with Gasteiger partial charge in [0, 0.05) is 0 Å². The second-order valence-electron chi connectivity index (χ2n) is 3.16. The molecule has 0 heterocycles. The van der Waals surface area contributed by atoms with E-state index in [0.717, 1.165) is 24.2 Å². The minimum Gasteiger partial charge on any atom is -0.496 e. The number of hydrogen-bond acceptors (Lipinski definition) is 1. The first-order chi connectivity index (χ1) is 6.19. The summed E-state index contributed by atoms with van der Waals surface area (Å²) in [5.41, 5.74) is 1.59. The second kappa shape index (κ2) is 4.26. The molecule has 2 heteroatoms. The highest BCUT2D eigenvalue weighted by molar-refractivity contribution is 5.38. The molecule has 0 atom stereocenters. The summed E-state index contributed by atoms with van der Waals surface area (Å²) in [5, 5.41) is 0. The molecule has 1 rings (SSSR count). The van der Waals surface area contributed by atoms with Gasteiger partial charge in [0.05, 0.1) is 7.11 Å². The van der Waals surface area contributed by atoms with Crippen LogP contribution in [0.5, 0.6) is 5.75 Å². The summed E-state index contributed by atoms with van der Waals surface area (Å²) in [5.74, 6) is 0.644. The Balaban J connectivity index is 3.09. The van der Waals surface area contributed by atoms with Crippen LogP contribution in [0.1, 0.15) is 24.5 Å². The lowest BCUT2D eigenvalue weighted by molar-refractivity contribution is 0.407. The van der Waals surface area contributed by atoms with Gasteiger partial charge in [0.15, 0.2) is 0 Å². The molecule has 0 bridgehead atoms. The number of benzene rings is 1. The monoisotopic (exact) mass is 182 g/mol. The highest BCUT2D eigenvalue weighted by Crippen LogP contribution is 2.23. The first-order valence-electron chi connectivity index (χ1n) is 4.52. The third-order valence-electron chi connectivity index (χ3n) is 2.08. The summed E-state index contributed by atoms with van der Waals surface area (Å²) in [6.07, 6.45) is 1.86. The standard InChI is InChI=1S/C11H15FO/c1-4-5-9-7-10(12)8(2)6-11(9)13-3/h6-7H,4-5H2,1-3H3. The van der Waals surface area contributed by atoms with Gasteiger partial charge in [-0.25, -0.2) is 4.39 Å². The Morgan fingerprint density at radius 2 is 2.08 bits per heavy atom. The highest BCUT2D eigenvalue weighted by Gasteiger charge is 2.06. The molecule has 1 nitrogen and oxygen atoms in total. The van der Waals surface area contributed by atoms with Gasteiger partial charge in [0.25, 0.3) is 0 Å². The van der Waals surface area contributed by atoms with Gasteiger partial charge in [-0.15, -0.1) is 0 Å². The van der Waals surface area contributed by atoms with Crippen LogP contribution in [-0.2, 0) is 6.42 Å². The third-order valence-corrected chi connectivity index (χ3v) is 2.08. The minimum absolute atomic E-state index is 0.149. The lowest BCUT2D eigenvalue weighted by atomic mass is 10.1. The molecule has 0 aliphatic rings. The maximum Gasteiger partial charge on any atom is 0.126 e. The molecule has 0 fully saturated rings. The van der Waals surface area contributed by atoms with E-state index in [1.54, 1.807) is 26.2 Å². The summed E-state index contributed by atoms with van der Waals surface area (Å²) in [6, 6.07) is 3.32. The van der Waals surface area contributed by atoms with Gasteiger partial charge in [-0.05, 0) is 36.6 Å². The fourth-order valence-corrected chi connectivity index (χ4v) is 1.35. The molecule has 0 saturated carbocycles. The number of methoxy groups -OCH3 is 1. The van der Waals surface area contributed by atoms with E-state index in [9.17, 15) is 4.39 Å². The Hall–Kier alpha value is -1.05. The van der Waals surface area contributed by atoms with Gasteiger partial charge in [-0.3, -0.25) is 0 Å². The van der Waals surface area contributed by atoms with Crippen molar-refractivity contribution >= 4 is 0 Å². The number of aryl methyl sites for hydroxylation is 2. The van der Waals surface area contributed by atoms with Crippen LogP contribution in [-0.4, -0.2) is 7.11 Å². The van der Waals surface area contributed by atoms with Crippen LogP contribution in [0.3, 0.4) is 0 Å². The topological polar surface area (TPSA) is 9.23 Å². The first-order valence-corrected chi connectivity index (χ1v) is 4.52. The minimum atomic E-state index is -0.149. The summed E-state index contributed by atoms with van der Waals surface area (Å²) in [7, 11) is 1.62. The van der Waals surface area contributed by atoms with Gasteiger partial charge in [-0.1, -0.05) is 13.3 Å². The Labute approximate surface area is 78.5 Å².